The van der Waals surface area contributed by atoms with Crippen LogP contribution in [0, 0.1) is 6.92 Å². The number of phenols is 1. The zero-order valence-corrected chi connectivity index (χ0v) is 15.8. The first kappa shape index (κ1) is 17.8. The second kappa shape index (κ2) is 7.56. The summed E-state index contributed by atoms with van der Waals surface area (Å²) in [4.78, 5) is 4.52. The highest BCUT2D eigenvalue weighted by Gasteiger charge is 2.22. The van der Waals surface area contributed by atoms with E-state index in [2.05, 4.69) is 4.98 Å². The Bertz CT molecular complexity index is 1090. The van der Waals surface area contributed by atoms with Crippen LogP contribution in [0.5, 0.6) is 11.5 Å². The van der Waals surface area contributed by atoms with Gasteiger partial charge in [-0.2, -0.15) is 5.10 Å². The molecule has 28 heavy (non-hydrogen) atoms. The second-order valence-corrected chi connectivity index (χ2v) is 6.38. The first-order chi connectivity index (χ1) is 13.7. The summed E-state index contributed by atoms with van der Waals surface area (Å²) in [6.07, 6.45) is 1.76. The van der Waals surface area contributed by atoms with Crippen LogP contribution < -0.4 is 4.74 Å². The molecule has 5 nitrogen and oxygen atoms in total. The SMILES string of the molecule is CCOc1ccc(-c2c(-c3ccccn3)c(C)nn2-c2ccccc2)c(O)c1. The maximum absolute atomic E-state index is 10.8. The topological polar surface area (TPSA) is 60.2 Å². The number of hydrogen-bond acceptors (Lipinski definition) is 4. The summed E-state index contributed by atoms with van der Waals surface area (Å²) in [5.41, 5.74) is 4.92. The lowest BCUT2D eigenvalue weighted by molar-refractivity contribution is 0.338. The molecule has 0 saturated carbocycles. The number of hydrogen-bond donors (Lipinski definition) is 1. The van der Waals surface area contributed by atoms with Gasteiger partial charge in [-0.3, -0.25) is 4.98 Å². The number of aryl methyl sites for hydroxylation is 1. The summed E-state index contributed by atoms with van der Waals surface area (Å²) < 4.78 is 7.37. The lowest BCUT2D eigenvalue weighted by atomic mass is 10.0. The lowest BCUT2D eigenvalue weighted by Crippen LogP contribution is -2.00. The third-order valence-corrected chi connectivity index (χ3v) is 4.52. The van der Waals surface area contributed by atoms with Crippen LogP contribution >= 0.6 is 0 Å². The molecule has 2 aromatic carbocycles. The van der Waals surface area contributed by atoms with Gasteiger partial charge in [0.2, 0.25) is 0 Å². The summed E-state index contributed by atoms with van der Waals surface area (Å²) in [5.74, 6) is 0.769. The molecule has 140 valence electrons. The highest BCUT2D eigenvalue weighted by atomic mass is 16.5. The van der Waals surface area contributed by atoms with Gasteiger partial charge in [0.1, 0.15) is 11.5 Å². The van der Waals surface area contributed by atoms with E-state index in [4.69, 9.17) is 9.84 Å². The van der Waals surface area contributed by atoms with Crippen LogP contribution in [0.1, 0.15) is 12.6 Å². The quantitative estimate of drug-likeness (QED) is 0.535. The van der Waals surface area contributed by atoms with Crippen LogP contribution in [0.25, 0.3) is 28.2 Å². The van der Waals surface area contributed by atoms with E-state index in [9.17, 15) is 5.11 Å². The molecule has 0 atom stereocenters. The summed E-state index contributed by atoms with van der Waals surface area (Å²) >= 11 is 0. The molecule has 1 N–H and O–H groups in total. The van der Waals surface area contributed by atoms with E-state index in [-0.39, 0.29) is 5.75 Å². The molecule has 0 saturated heterocycles. The van der Waals surface area contributed by atoms with Gasteiger partial charge in [-0.25, -0.2) is 4.68 Å². The van der Waals surface area contributed by atoms with Gasteiger partial charge >= 0.3 is 0 Å². The largest absolute Gasteiger partial charge is 0.507 e. The summed E-state index contributed by atoms with van der Waals surface area (Å²) in [5, 5.41) is 15.5. The number of pyridine rings is 1. The number of aromatic hydroxyl groups is 1. The zero-order valence-electron chi connectivity index (χ0n) is 15.8. The predicted molar refractivity (Wildman–Crippen MR) is 110 cm³/mol. The van der Waals surface area contributed by atoms with Crippen LogP contribution in [-0.2, 0) is 0 Å². The van der Waals surface area contributed by atoms with Crippen molar-refractivity contribution >= 4 is 0 Å². The Hall–Kier alpha value is -3.60. The minimum atomic E-state index is 0.139. The normalized spacial score (nSPS) is 10.8. The molecular weight excluding hydrogens is 350 g/mol. The fourth-order valence-corrected chi connectivity index (χ4v) is 3.32. The third-order valence-electron chi connectivity index (χ3n) is 4.52. The Morgan fingerprint density at radius 1 is 1.00 bits per heavy atom. The smallest absolute Gasteiger partial charge is 0.128 e. The first-order valence-electron chi connectivity index (χ1n) is 9.21. The van der Waals surface area contributed by atoms with E-state index in [0.717, 1.165) is 28.3 Å². The van der Waals surface area contributed by atoms with Gasteiger partial charge in [0.25, 0.3) is 0 Å². The molecule has 0 fully saturated rings. The molecule has 0 amide bonds. The van der Waals surface area contributed by atoms with Crippen LogP contribution in [-0.4, -0.2) is 26.5 Å². The minimum absolute atomic E-state index is 0.139. The molecule has 4 aromatic rings. The fourth-order valence-electron chi connectivity index (χ4n) is 3.32. The standard InChI is InChI=1S/C23H21N3O2/c1-3-28-18-12-13-19(21(27)15-18)23-22(20-11-7-8-14-24-20)16(2)25-26(23)17-9-5-4-6-10-17/h4-15,27H,3H2,1-2H3. The summed E-state index contributed by atoms with van der Waals surface area (Å²) in [6.45, 7) is 4.41. The fraction of sp³-hybridized carbons (Fsp3) is 0.130. The van der Waals surface area contributed by atoms with Crippen molar-refractivity contribution in [1.29, 1.82) is 0 Å². The van der Waals surface area contributed by atoms with Gasteiger partial charge in [0.05, 0.1) is 29.4 Å². The molecule has 0 aliphatic carbocycles. The Balaban J connectivity index is 1.99. The molecule has 5 heteroatoms. The molecule has 2 heterocycles. The highest BCUT2D eigenvalue weighted by molar-refractivity contribution is 5.85. The average molecular weight is 371 g/mol. The Labute approximate surface area is 163 Å². The molecular formula is C23H21N3O2. The molecule has 0 spiro atoms. The number of aromatic nitrogens is 3. The van der Waals surface area contributed by atoms with Crippen molar-refractivity contribution in [2.45, 2.75) is 13.8 Å². The van der Waals surface area contributed by atoms with Crippen LogP contribution in [0.2, 0.25) is 0 Å². The van der Waals surface area contributed by atoms with Gasteiger partial charge in [0, 0.05) is 23.4 Å². The molecule has 0 aliphatic heterocycles. The van der Waals surface area contributed by atoms with Crippen molar-refractivity contribution in [1.82, 2.24) is 14.8 Å². The first-order valence-corrected chi connectivity index (χ1v) is 9.21. The van der Waals surface area contributed by atoms with Gasteiger partial charge in [-0.05, 0) is 50.2 Å². The number of nitrogens with zero attached hydrogens (tertiary/aromatic N) is 3. The monoisotopic (exact) mass is 371 g/mol. The van der Waals surface area contributed by atoms with Crippen molar-refractivity contribution in [3.63, 3.8) is 0 Å². The highest BCUT2D eigenvalue weighted by Crippen LogP contribution is 2.40. The van der Waals surface area contributed by atoms with Crippen molar-refractivity contribution in [3.8, 4) is 39.7 Å². The molecule has 0 unspecified atom stereocenters. The lowest BCUT2D eigenvalue weighted by Gasteiger charge is -2.13. The van der Waals surface area contributed by atoms with Gasteiger partial charge in [0.15, 0.2) is 0 Å². The number of benzene rings is 2. The zero-order chi connectivity index (χ0) is 19.5. The van der Waals surface area contributed by atoms with E-state index >= 15 is 0 Å². The average Bonchev–Trinajstić information content (AvgIpc) is 3.06. The van der Waals surface area contributed by atoms with E-state index in [1.54, 1.807) is 12.3 Å². The molecule has 4 rings (SSSR count). The molecule has 0 aliphatic rings. The second-order valence-electron chi connectivity index (χ2n) is 6.38. The predicted octanol–water partition coefficient (Wildman–Crippen LogP) is 5.01. The molecule has 2 aromatic heterocycles. The third kappa shape index (κ3) is 3.22. The minimum Gasteiger partial charge on any atom is -0.507 e. The maximum atomic E-state index is 10.8. The molecule has 0 bridgehead atoms. The molecule has 0 radical (unpaired) electrons. The van der Waals surface area contributed by atoms with E-state index < -0.39 is 0 Å². The van der Waals surface area contributed by atoms with E-state index in [1.165, 1.54) is 0 Å². The van der Waals surface area contributed by atoms with Crippen molar-refractivity contribution in [2.24, 2.45) is 0 Å². The Morgan fingerprint density at radius 3 is 2.46 bits per heavy atom. The maximum Gasteiger partial charge on any atom is 0.128 e. The number of para-hydroxylation sites is 1. The number of rotatable bonds is 5. The Morgan fingerprint density at radius 2 is 1.79 bits per heavy atom. The number of phenolic OH excluding ortho intramolecular Hbond substituents is 1. The van der Waals surface area contributed by atoms with Gasteiger partial charge in [-0.1, -0.05) is 24.3 Å². The van der Waals surface area contributed by atoms with Crippen LogP contribution in [0.15, 0.2) is 72.9 Å². The van der Waals surface area contributed by atoms with Crippen molar-refractivity contribution in [3.05, 3.63) is 78.6 Å². The summed E-state index contributed by atoms with van der Waals surface area (Å²) in [7, 11) is 0. The van der Waals surface area contributed by atoms with Crippen molar-refractivity contribution < 1.29 is 9.84 Å². The summed E-state index contributed by atoms with van der Waals surface area (Å²) in [6, 6.07) is 21.0. The van der Waals surface area contributed by atoms with Crippen LogP contribution in [0.3, 0.4) is 0 Å². The van der Waals surface area contributed by atoms with Crippen LogP contribution in [0.4, 0.5) is 0 Å². The van der Waals surface area contributed by atoms with E-state index in [0.29, 0.717) is 17.9 Å². The van der Waals surface area contributed by atoms with E-state index in [1.807, 2.05) is 79.2 Å². The Kier molecular flexibility index (Phi) is 4.81. The van der Waals surface area contributed by atoms with Gasteiger partial charge < -0.3 is 9.84 Å². The van der Waals surface area contributed by atoms with Crippen molar-refractivity contribution in [2.75, 3.05) is 6.61 Å². The van der Waals surface area contributed by atoms with Gasteiger partial charge in [-0.15, -0.1) is 0 Å². The number of ether oxygens (including phenoxy) is 1.